The highest BCUT2D eigenvalue weighted by Crippen LogP contribution is 2.25. The quantitative estimate of drug-likeness (QED) is 0.900. The number of carbonyl (C=O) groups is 1. The summed E-state index contributed by atoms with van der Waals surface area (Å²) in [4.78, 5) is 26.5. The van der Waals surface area contributed by atoms with Crippen LogP contribution in [0.1, 0.15) is 21.5 Å². The predicted molar refractivity (Wildman–Crippen MR) is 77.5 cm³/mol. The second kappa shape index (κ2) is 5.61. The van der Waals surface area contributed by atoms with Gasteiger partial charge < -0.3 is 15.0 Å². The van der Waals surface area contributed by atoms with Crippen LogP contribution >= 0.6 is 0 Å². The van der Waals surface area contributed by atoms with Gasteiger partial charge in [0.05, 0.1) is 12.8 Å². The van der Waals surface area contributed by atoms with E-state index in [1.54, 1.807) is 25.1 Å². The number of ether oxygens (including phenoxy) is 1. The number of aromatic amines is 1. The molecule has 0 spiro atoms. The fourth-order valence-electron chi connectivity index (χ4n) is 1.96. The molecule has 2 N–H and O–H groups in total. The lowest BCUT2D eigenvalue weighted by Crippen LogP contribution is -2.24. The van der Waals surface area contributed by atoms with Gasteiger partial charge in [-0.25, -0.2) is 0 Å². The number of pyridine rings is 1. The minimum atomic E-state index is -0.451. The van der Waals surface area contributed by atoms with E-state index in [1.165, 1.54) is 13.3 Å². The molecule has 20 heavy (non-hydrogen) atoms. The molecule has 1 aromatic heterocycles. The molecule has 0 saturated heterocycles. The van der Waals surface area contributed by atoms with Crippen LogP contribution in [0.25, 0.3) is 0 Å². The first-order chi connectivity index (χ1) is 9.52. The Balaban J connectivity index is 2.38. The molecule has 0 aliphatic carbocycles. The highest BCUT2D eigenvalue weighted by atomic mass is 16.5. The molecule has 1 amide bonds. The number of hydrogen-bond acceptors (Lipinski definition) is 3. The van der Waals surface area contributed by atoms with Gasteiger partial charge in [-0.2, -0.15) is 0 Å². The largest absolute Gasteiger partial charge is 0.495 e. The van der Waals surface area contributed by atoms with E-state index < -0.39 is 11.5 Å². The summed E-state index contributed by atoms with van der Waals surface area (Å²) < 4.78 is 5.20. The zero-order chi connectivity index (χ0) is 14.7. The topological polar surface area (TPSA) is 71.2 Å². The minimum Gasteiger partial charge on any atom is -0.495 e. The number of carbonyl (C=O) groups excluding carboxylic acids is 1. The molecule has 0 fully saturated rings. The van der Waals surface area contributed by atoms with Crippen molar-refractivity contribution in [2.24, 2.45) is 0 Å². The van der Waals surface area contributed by atoms with Gasteiger partial charge in [0.25, 0.3) is 11.5 Å². The summed E-state index contributed by atoms with van der Waals surface area (Å²) in [7, 11) is 1.53. The normalized spacial score (nSPS) is 10.2. The van der Waals surface area contributed by atoms with Gasteiger partial charge in [-0.15, -0.1) is 0 Å². The molecule has 0 aliphatic heterocycles. The zero-order valence-corrected chi connectivity index (χ0v) is 11.6. The van der Waals surface area contributed by atoms with Crippen LogP contribution in [-0.4, -0.2) is 18.0 Å². The third kappa shape index (κ3) is 2.71. The van der Waals surface area contributed by atoms with Gasteiger partial charge in [0.2, 0.25) is 0 Å². The zero-order valence-electron chi connectivity index (χ0n) is 11.6. The Hall–Kier alpha value is -2.56. The molecule has 0 atom stereocenters. The van der Waals surface area contributed by atoms with E-state index in [0.717, 1.165) is 5.56 Å². The average Bonchev–Trinajstić information content (AvgIpc) is 2.38. The van der Waals surface area contributed by atoms with Gasteiger partial charge in [-0.1, -0.05) is 6.07 Å². The van der Waals surface area contributed by atoms with Gasteiger partial charge >= 0.3 is 0 Å². The van der Waals surface area contributed by atoms with Crippen molar-refractivity contribution in [1.82, 2.24) is 4.98 Å². The van der Waals surface area contributed by atoms with E-state index in [0.29, 0.717) is 17.0 Å². The van der Waals surface area contributed by atoms with Gasteiger partial charge in [0.15, 0.2) is 0 Å². The Kier molecular flexibility index (Phi) is 3.89. The number of rotatable bonds is 3. The van der Waals surface area contributed by atoms with Gasteiger partial charge in [0, 0.05) is 6.20 Å². The van der Waals surface area contributed by atoms with Crippen LogP contribution in [0.3, 0.4) is 0 Å². The number of aromatic nitrogens is 1. The maximum absolute atomic E-state index is 12.2. The lowest BCUT2D eigenvalue weighted by molar-refractivity contribution is 0.102. The standard InChI is InChI=1S/C15H16N2O3/c1-9-4-5-12(20-3)11(8-9)17-15(19)13-10(2)6-7-16-14(13)18/h4-8H,1-3H3,(H,16,18)(H,17,19). The lowest BCUT2D eigenvalue weighted by Gasteiger charge is -2.11. The number of benzene rings is 1. The summed E-state index contributed by atoms with van der Waals surface area (Å²) >= 11 is 0. The number of anilines is 1. The second-order valence-corrected chi connectivity index (χ2v) is 4.52. The average molecular weight is 272 g/mol. The van der Waals surface area contributed by atoms with E-state index in [-0.39, 0.29) is 5.56 Å². The number of H-pyrrole nitrogens is 1. The molecule has 0 saturated carbocycles. The van der Waals surface area contributed by atoms with Crippen LogP contribution in [0, 0.1) is 13.8 Å². The molecule has 0 unspecified atom stereocenters. The van der Waals surface area contributed by atoms with Crippen molar-refractivity contribution in [2.75, 3.05) is 12.4 Å². The SMILES string of the molecule is COc1ccc(C)cc1NC(=O)c1c(C)cc[nH]c1=O. The summed E-state index contributed by atoms with van der Waals surface area (Å²) in [6.07, 6.45) is 1.52. The molecule has 1 heterocycles. The van der Waals surface area contributed by atoms with Crippen LogP contribution in [0.15, 0.2) is 35.3 Å². The van der Waals surface area contributed by atoms with E-state index in [1.807, 2.05) is 13.0 Å². The molecule has 2 rings (SSSR count). The molecule has 5 heteroatoms. The van der Waals surface area contributed by atoms with Gasteiger partial charge in [0.1, 0.15) is 11.3 Å². The Morgan fingerprint density at radius 2 is 2.00 bits per heavy atom. The smallest absolute Gasteiger partial charge is 0.261 e. The monoisotopic (exact) mass is 272 g/mol. The van der Waals surface area contributed by atoms with Crippen molar-refractivity contribution in [2.45, 2.75) is 13.8 Å². The second-order valence-electron chi connectivity index (χ2n) is 4.52. The van der Waals surface area contributed by atoms with Crippen molar-refractivity contribution in [1.29, 1.82) is 0 Å². The van der Waals surface area contributed by atoms with Crippen LogP contribution in [0.5, 0.6) is 5.75 Å². The van der Waals surface area contributed by atoms with E-state index >= 15 is 0 Å². The Bertz CT molecular complexity index is 705. The van der Waals surface area contributed by atoms with Crippen molar-refractivity contribution in [3.63, 3.8) is 0 Å². The first kappa shape index (κ1) is 13.9. The van der Waals surface area contributed by atoms with Gasteiger partial charge in [-0.05, 0) is 43.2 Å². The summed E-state index contributed by atoms with van der Waals surface area (Å²) in [5.41, 5.74) is 1.85. The molecule has 5 nitrogen and oxygen atoms in total. The number of aryl methyl sites for hydroxylation is 2. The van der Waals surface area contributed by atoms with Crippen LogP contribution < -0.4 is 15.6 Å². The van der Waals surface area contributed by atoms with Gasteiger partial charge in [-0.3, -0.25) is 9.59 Å². The number of amides is 1. The molecular formula is C15H16N2O3. The van der Waals surface area contributed by atoms with Crippen LogP contribution in [-0.2, 0) is 0 Å². The van der Waals surface area contributed by atoms with E-state index in [2.05, 4.69) is 10.3 Å². The Morgan fingerprint density at radius 1 is 1.25 bits per heavy atom. The molecule has 2 aromatic rings. The highest BCUT2D eigenvalue weighted by molar-refractivity contribution is 6.05. The number of methoxy groups -OCH3 is 1. The summed E-state index contributed by atoms with van der Waals surface area (Å²) in [6.45, 7) is 3.63. The molecule has 1 aromatic carbocycles. The van der Waals surface area contributed by atoms with Crippen LogP contribution in [0.2, 0.25) is 0 Å². The summed E-state index contributed by atoms with van der Waals surface area (Å²) in [5, 5.41) is 2.72. The Labute approximate surface area is 116 Å². The number of nitrogens with one attached hydrogen (secondary N) is 2. The van der Waals surface area contributed by atoms with Crippen molar-refractivity contribution in [3.8, 4) is 5.75 Å². The first-order valence-corrected chi connectivity index (χ1v) is 6.17. The molecule has 104 valence electrons. The molecule has 0 bridgehead atoms. The van der Waals surface area contributed by atoms with E-state index in [9.17, 15) is 9.59 Å². The third-order valence-corrected chi connectivity index (χ3v) is 3.00. The first-order valence-electron chi connectivity index (χ1n) is 6.17. The Morgan fingerprint density at radius 3 is 2.65 bits per heavy atom. The maximum atomic E-state index is 12.2. The third-order valence-electron chi connectivity index (χ3n) is 3.00. The number of hydrogen-bond donors (Lipinski definition) is 2. The highest BCUT2D eigenvalue weighted by Gasteiger charge is 2.15. The minimum absolute atomic E-state index is 0.107. The molecule has 0 aliphatic rings. The van der Waals surface area contributed by atoms with Crippen molar-refractivity contribution in [3.05, 3.63) is 57.5 Å². The fourth-order valence-corrected chi connectivity index (χ4v) is 1.96. The fraction of sp³-hybridized carbons (Fsp3) is 0.200. The summed E-state index contributed by atoms with van der Waals surface area (Å²) in [6, 6.07) is 7.13. The molecular weight excluding hydrogens is 256 g/mol. The van der Waals surface area contributed by atoms with Crippen LogP contribution in [0.4, 0.5) is 5.69 Å². The van der Waals surface area contributed by atoms with Crippen molar-refractivity contribution >= 4 is 11.6 Å². The predicted octanol–water partition coefficient (Wildman–Crippen LogP) is 2.25. The van der Waals surface area contributed by atoms with E-state index in [4.69, 9.17) is 4.74 Å². The maximum Gasteiger partial charge on any atom is 0.261 e. The molecule has 0 radical (unpaired) electrons. The summed E-state index contributed by atoms with van der Waals surface area (Å²) in [5.74, 6) is 0.0993. The van der Waals surface area contributed by atoms with Crippen molar-refractivity contribution < 1.29 is 9.53 Å². The lowest BCUT2D eigenvalue weighted by atomic mass is 10.1.